The molecule has 0 heterocycles. The van der Waals surface area contributed by atoms with E-state index in [-0.39, 0.29) is 71.0 Å². The molecule has 37 heavy (non-hydrogen) atoms. The van der Waals surface area contributed by atoms with Crippen molar-refractivity contribution < 1.29 is 45.8 Å². The summed E-state index contributed by atoms with van der Waals surface area (Å²) >= 11 is 0. The SMILES string of the molecule is CC(=O)C(=O)Cc1ccccc1.CC(=O)C(=O)Cc1ccccc1.CC(=O)C(=O)Cc1ccccc1.[Fe]. The summed E-state index contributed by atoms with van der Waals surface area (Å²) in [6.45, 7) is 3.89. The van der Waals surface area contributed by atoms with Crippen LogP contribution < -0.4 is 0 Å². The minimum Gasteiger partial charge on any atom is -0.291 e. The Kier molecular flexibility index (Phi) is 16.6. The van der Waals surface area contributed by atoms with E-state index in [2.05, 4.69) is 0 Å². The van der Waals surface area contributed by atoms with Gasteiger partial charge in [0.1, 0.15) is 0 Å². The monoisotopic (exact) mass is 542 g/mol. The third kappa shape index (κ3) is 15.0. The van der Waals surface area contributed by atoms with E-state index in [9.17, 15) is 28.8 Å². The number of ketones is 6. The molecule has 0 amide bonds. The molecule has 3 rings (SSSR count). The van der Waals surface area contributed by atoms with Gasteiger partial charge in [-0.15, -0.1) is 0 Å². The number of hydrogen-bond acceptors (Lipinski definition) is 6. The van der Waals surface area contributed by atoms with Gasteiger partial charge in [0, 0.05) is 57.1 Å². The maximum Gasteiger partial charge on any atom is 0.202 e. The maximum atomic E-state index is 11.0. The minimum absolute atomic E-state index is 0. The van der Waals surface area contributed by atoms with Crippen molar-refractivity contribution in [1.29, 1.82) is 0 Å². The Morgan fingerprint density at radius 2 is 0.595 bits per heavy atom. The van der Waals surface area contributed by atoms with Crippen LogP contribution in [0.5, 0.6) is 0 Å². The molecule has 6 nitrogen and oxygen atoms in total. The third-order valence-corrected chi connectivity index (χ3v) is 4.80. The van der Waals surface area contributed by atoms with Crippen LogP contribution in [0, 0.1) is 0 Å². The number of benzene rings is 3. The number of rotatable bonds is 9. The second-order valence-electron chi connectivity index (χ2n) is 7.93. The zero-order valence-electron chi connectivity index (χ0n) is 21.1. The Balaban J connectivity index is 0.000000518. The largest absolute Gasteiger partial charge is 0.291 e. The predicted octanol–water partition coefficient (Wildman–Crippen LogP) is 4.16. The Bertz CT molecular complexity index is 1020. The summed E-state index contributed by atoms with van der Waals surface area (Å²) in [4.78, 5) is 64.7. The standard InChI is InChI=1S/3C10H10O2.Fe/c3*1-8(11)10(12)7-9-5-3-2-4-6-9;/h3*2-6H,7H2,1H3;. The first kappa shape index (κ1) is 33.2. The average molecular weight is 542 g/mol. The predicted molar refractivity (Wildman–Crippen MR) is 138 cm³/mol. The van der Waals surface area contributed by atoms with Gasteiger partial charge in [-0.3, -0.25) is 28.8 Å². The Morgan fingerprint density at radius 1 is 0.405 bits per heavy atom. The molecule has 0 atom stereocenters. The van der Waals surface area contributed by atoms with E-state index in [1.807, 2.05) is 91.0 Å². The molecule has 0 bridgehead atoms. The smallest absolute Gasteiger partial charge is 0.202 e. The summed E-state index contributed by atoms with van der Waals surface area (Å²) in [5, 5.41) is 0. The van der Waals surface area contributed by atoms with Gasteiger partial charge in [0.05, 0.1) is 0 Å². The fourth-order valence-electron chi connectivity index (χ4n) is 2.72. The molecule has 0 unspecified atom stereocenters. The second-order valence-corrected chi connectivity index (χ2v) is 7.93. The van der Waals surface area contributed by atoms with E-state index in [1.54, 1.807) is 0 Å². The molecule has 0 N–H and O–H groups in total. The summed E-state index contributed by atoms with van der Waals surface area (Å²) in [5.41, 5.74) is 2.66. The summed E-state index contributed by atoms with van der Waals surface area (Å²) < 4.78 is 0. The molecule has 0 aliphatic heterocycles. The quantitative estimate of drug-likeness (QED) is 0.297. The third-order valence-electron chi connectivity index (χ3n) is 4.80. The molecular weight excluding hydrogens is 512 g/mol. The fourth-order valence-corrected chi connectivity index (χ4v) is 2.72. The van der Waals surface area contributed by atoms with Crippen LogP contribution in [0.15, 0.2) is 91.0 Å². The van der Waals surface area contributed by atoms with E-state index in [1.165, 1.54) is 20.8 Å². The topological polar surface area (TPSA) is 102 Å². The molecule has 0 saturated carbocycles. The molecule has 7 heteroatoms. The van der Waals surface area contributed by atoms with Gasteiger partial charge in [-0.05, 0) is 16.7 Å². The summed E-state index contributed by atoms with van der Waals surface area (Å²) in [7, 11) is 0. The van der Waals surface area contributed by atoms with Crippen molar-refractivity contribution in [3.05, 3.63) is 108 Å². The van der Waals surface area contributed by atoms with Crippen LogP contribution in [0.1, 0.15) is 37.5 Å². The first-order chi connectivity index (χ1) is 17.1. The van der Waals surface area contributed by atoms with E-state index < -0.39 is 0 Å². The number of hydrogen-bond donors (Lipinski definition) is 0. The Labute approximate surface area is 228 Å². The van der Waals surface area contributed by atoms with Gasteiger partial charge in [-0.25, -0.2) is 0 Å². The van der Waals surface area contributed by atoms with Crippen molar-refractivity contribution in [2.75, 3.05) is 0 Å². The van der Waals surface area contributed by atoms with Crippen molar-refractivity contribution in [3.8, 4) is 0 Å². The van der Waals surface area contributed by atoms with Crippen LogP contribution in [0.2, 0.25) is 0 Å². The van der Waals surface area contributed by atoms with Crippen molar-refractivity contribution in [3.63, 3.8) is 0 Å². The molecule has 0 radical (unpaired) electrons. The van der Waals surface area contributed by atoms with Crippen LogP contribution in [-0.2, 0) is 65.1 Å². The zero-order chi connectivity index (χ0) is 26.9. The van der Waals surface area contributed by atoms with E-state index >= 15 is 0 Å². The van der Waals surface area contributed by atoms with Gasteiger partial charge in [-0.2, -0.15) is 0 Å². The Hall–Kier alpha value is -3.80. The first-order valence-corrected chi connectivity index (χ1v) is 11.3. The number of carbonyl (C=O) groups is 6. The molecule has 3 aromatic carbocycles. The zero-order valence-corrected chi connectivity index (χ0v) is 22.2. The fraction of sp³-hybridized carbons (Fsp3) is 0.200. The average Bonchev–Trinajstić information content (AvgIpc) is 2.86. The summed E-state index contributed by atoms with van der Waals surface area (Å²) in [6.07, 6.45) is 0.655. The van der Waals surface area contributed by atoms with Crippen LogP contribution in [0.4, 0.5) is 0 Å². The molecule has 0 aromatic heterocycles. The maximum absolute atomic E-state index is 11.0. The van der Waals surface area contributed by atoms with Gasteiger partial charge < -0.3 is 0 Å². The molecule has 194 valence electrons. The minimum atomic E-state index is -0.376. The normalized spacial score (nSPS) is 9.16. The molecule has 0 aliphatic carbocycles. The van der Waals surface area contributed by atoms with E-state index in [0.29, 0.717) is 0 Å². The van der Waals surface area contributed by atoms with Crippen molar-refractivity contribution >= 4 is 34.7 Å². The van der Waals surface area contributed by atoms with Gasteiger partial charge in [0.25, 0.3) is 0 Å². The van der Waals surface area contributed by atoms with Gasteiger partial charge in [-0.1, -0.05) is 91.0 Å². The van der Waals surface area contributed by atoms with E-state index in [0.717, 1.165) is 16.7 Å². The number of carbonyl (C=O) groups excluding carboxylic acids is 6. The van der Waals surface area contributed by atoms with Crippen LogP contribution in [0.3, 0.4) is 0 Å². The second kappa shape index (κ2) is 18.5. The molecule has 0 spiro atoms. The van der Waals surface area contributed by atoms with Gasteiger partial charge in [0.15, 0.2) is 17.3 Å². The van der Waals surface area contributed by atoms with Crippen molar-refractivity contribution in [2.45, 2.75) is 40.0 Å². The molecule has 0 fully saturated rings. The summed E-state index contributed by atoms with van der Waals surface area (Å²) in [5.74, 6) is -2.12. The van der Waals surface area contributed by atoms with Crippen molar-refractivity contribution in [1.82, 2.24) is 0 Å². The van der Waals surface area contributed by atoms with E-state index in [4.69, 9.17) is 0 Å². The van der Waals surface area contributed by atoms with Crippen LogP contribution in [-0.4, -0.2) is 34.7 Å². The number of Topliss-reactive ketones (excluding diaryl/α,β-unsaturated/α-hetero) is 6. The van der Waals surface area contributed by atoms with Gasteiger partial charge in [0.2, 0.25) is 17.3 Å². The molecule has 0 aliphatic rings. The summed E-state index contributed by atoms with van der Waals surface area (Å²) in [6, 6.07) is 27.7. The van der Waals surface area contributed by atoms with Crippen LogP contribution in [0.25, 0.3) is 0 Å². The first-order valence-electron chi connectivity index (χ1n) is 11.3. The molecule has 0 saturated heterocycles. The van der Waals surface area contributed by atoms with Crippen LogP contribution >= 0.6 is 0 Å². The molecule has 3 aromatic rings. The Morgan fingerprint density at radius 3 is 0.757 bits per heavy atom. The van der Waals surface area contributed by atoms with Gasteiger partial charge >= 0.3 is 0 Å². The van der Waals surface area contributed by atoms with Crippen molar-refractivity contribution in [2.24, 2.45) is 0 Å². The molecular formula is C30H30FeO6.